The fraction of sp³-hybridized carbons (Fsp3) is 0.192. The van der Waals surface area contributed by atoms with E-state index in [-0.39, 0.29) is 11.4 Å². The summed E-state index contributed by atoms with van der Waals surface area (Å²) < 4.78 is 40.0. The average Bonchev–Trinajstić information content (AvgIpc) is 3.18. The fourth-order valence-electron chi connectivity index (χ4n) is 3.53. The van der Waals surface area contributed by atoms with Crippen LogP contribution < -0.4 is 9.04 Å². The number of aryl methyl sites for hydroxylation is 3. The molecule has 6 nitrogen and oxygen atoms in total. The maximum absolute atomic E-state index is 13.7. The van der Waals surface area contributed by atoms with Crippen LogP contribution in [0.1, 0.15) is 22.6 Å². The van der Waals surface area contributed by atoms with Gasteiger partial charge < -0.3 is 9.15 Å². The SMILES string of the molecule is COc1cccc(N(Cc2nc(-c3cccc(C)c3)oc2C)S(=O)(=O)c2ccc(C)cc2)c1. The Bertz CT molecular complexity index is 1380. The zero-order valence-corrected chi connectivity index (χ0v) is 19.9. The van der Waals surface area contributed by atoms with Gasteiger partial charge in [0.05, 0.1) is 24.2 Å². The number of hydrogen-bond acceptors (Lipinski definition) is 5. The Morgan fingerprint density at radius 3 is 2.33 bits per heavy atom. The Morgan fingerprint density at radius 1 is 0.909 bits per heavy atom. The van der Waals surface area contributed by atoms with Crippen molar-refractivity contribution in [1.82, 2.24) is 4.98 Å². The largest absolute Gasteiger partial charge is 0.497 e. The van der Waals surface area contributed by atoms with Crippen molar-refractivity contribution in [2.45, 2.75) is 32.2 Å². The summed E-state index contributed by atoms with van der Waals surface area (Å²) in [6.45, 7) is 5.73. The lowest BCUT2D eigenvalue weighted by atomic mass is 10.1. The van der Waals surface area contributed by atoms with Crippen LogP contribution in [0.15, 0.2) is 82.1 Å². The molecule has 0 aliphatic heterocycles. The Labute approximate surface area is 194 Å². The third-order valence-electron chi connectivity index (χ3n) is 5.40. The molecular formula is C26H26N2O4S. The van der Waals surface area contributed by atoms with E-state index in [0.717, 1.165) is 16.7 Å². The third kappa shape index (κ3) is 4.78. The van der Waals surface area contributed by atoms with Gasteiger partial charge in [-0.2, -0.15) is 0 Å². The van der Waals surface area contributed by atoms with Gasteiger partial charge in [0.2, 0.25) is 5.89 Å². The van der Waals surface area contributed by atoms with Crippen molar-refractivity contribution in [2.24, 2.45) is 0 Å². The predicted octanol–water partition coefficient (Wildman–Crippen LogP) is 5.67. The molecule has 1 aromatic heterocycles. The van der Waals surface area contributed by atoms with E-state index < -0.39 is 10.0 Å². The highest BCUT2D eigenvalue weighted by Gasteiger charge is 2.28. The topological polar surface area (TPSA) is 72.6 Å². The number of methoxy groups -OCH3 is 1. The number of aromatic nitrogens is 1. The lowest BCUT2D eigenvalue weighted by molar-refractivity contribution is 0.415. The van der Waals surface area contributed by atoms with Crippen molar-refractivity contribution in [1.29, 1.82) is 0 Å². The lowest BCUT2D eigenvalue weighted by Gasteiger charge is -2.24. The van der Waals surface area contributed by atoms with E-state index in [9.17, 15) is 8.42 Å². The second kappa shape index (κ2) is 9.11. The molecule has 1 heterocycles. The van der Waals surface area contributed by atoms with Gasteiger partial charge in [0.25, 0.3) is 10.0 Å². The molecule has 4 rings (SSSR count). The van der Waals surface area contributed by atoms with Crippen LogP contribution in [-0.2, 0) is 16.6 Å². The van der Waals surface area contributed by atoms with Gasteiger partial charge in [0, 0.05) is 11.6 Å². The molecule has 0 aliphatic rings. The number of hydrogen-bond donors (Lipinski definition) is 0. The molecule has 0 saturated heterocycles. The first kappa shape index (κ1) is 22.6. The minimum atomic E-state index is -3.88. The molecule has 0 unspecified atom stereocenters. The number of sulfonamides is 1. The van der Waals surface area contributed by atoms with Crippen LogP contribution in [0, 0.1) is 20.8 Å². The summed E-state index contributed by atoms with van der Waals surface area (Å²) in [7, 11) is -2.33. The maximum atomic E-state index is 13.7. The van der Waals surface area contributed by atoms with E-state index in [0.29, 0.717) is 28.8 Å². The van der Waals surface area contributed by atoms with Gasteiger partial charge in [-0.3, -0.25) is 4.31 Å². The molecule has 0 saturated carbocycles. The van der Waals surface area contributed by atoms with Gasteiger partial charge in [0.15, 0.2) is 0 Å². The van der Waals surface area contributed by atoms with E-state index in [4.69, 9.17) is 9.15 Å². The Morgan fingerprint density at radius 2 is 1.64 bits per heavy atom. The third-order valence-corrected chi connectivity index (χ3v) is 7.19. The van der Waals surface area contributed by atoms with E-state index in [1.165, 1.54) is 4.31 Å². The van der Waals surface area contributed by atoms with Crippen LogP contribution in [0.25, 0.3) is 11.5 Å². The number of benzene rings is 3. The molecule has 0 N–H and O–H groups in total. The molecule has 0 spiro atoms. The van der Waals surface area contributed by atoms with Gasteiger partial charge in [-0.1, -0.05) is 41.5 Å². The van der Waals surface area contributed by atoms with E-state index in [1.54, 1.807) is 62.6 Å². The molecule has 33 heavy (non-hydrogen) atoms. The summed E-state index contributed by atoms with van der Waals surface area (Å²) in [4.78, 5) is 4.85. The number of rotatable bonds is 7. The van der Waals surface area contributed by atoms with Crippen LogP contribution >= 0.6 is 0 Å². The normalized spacial score (nSPS) is 11.4. The fourth-order valence-corrected chi connectivity index (χ4v) is 4.95. The number of ether oxygens (including phenoxy) is 1. The van der Waals surface area contributed by atoms with Crippen molar-refractivity contribution in [3.8, 4) is 17.2 Å². The second-order valence-corrected chi connectivity index (χ2v) is 9.78. The van der Waals surface area contributed by atoms with Gasteiger partial charge in [-0.25, -0.2) is 13.4 Å². The molecule has 3 aromatic carbocycles. The Kier molecular flexibility index (Phi) is 6.24. The first-order valence-electron chi connectivity index (χ1n) is 10.5. The molecule has 7 heteroatoms. The zero-order valence-electron chi connectivity index (χ0n) is 19.1. The lowest BCUT2D eigenvalue weighted by Crippen LogP contribution is -2.31. The summed E-state index contributed by atoms with van der Waals surface area (Å²) in [6, 6.07) is 21.6. The van der Waals surface area contributed by atoms with Crippen molar-refractivity contribution in [2.75, 3.05) is 11.4 Å². The molecule has 0 aliphatic carbocycles. The summed E-state index contributed by atoms with van der Waals surface area (Å²) in [5.41, 5.74) is 3.94. The standard InChI is InChI=1S/C26H26N2O4S/c1-18-11-13-24(14-12-18)33(29,30)28(22-9-6-10-23(16-22)31-4)17-25-20(3)32-26(27-25)21-8-5-7-19(2)15-21/h5-16H,17H2,1-4H3. The first-order chi connectivity index (χ1) is 15.8. The number of anilines is 1. The van der Waals surface area contributed by atoms with Crippen LogP contribution in [0.4, 0.5) is 5.69 Å². The van der Waals surface area contributed by atoms with E-state index >= 15 is 0 Å². The minimum Gasteiger partial charge on any atom is -0.497 e. The van der Waals surface area contributed by atoms with Gasteiger partial charge in [-0.15, -0.1) is 0 Å². The Balaban J connectivity index is 1.78. The van der Waals surface area contributed by atoms with Crippen molar-refractivity contribution < 1.29 is 17.6 Å². The monoisotopic (exact) mass is 462 g/mol. The number of oxazole rings is 1. The molecule has 0 amide bonds. The molecule has 0 atom stereocenters. The van der Waals surface area contributed by atoms with Crippen molar-refractivity contribution >= 4 is 15.7 Å². The molecule has 4 aromatic rings. The minimum absolute atomic E-state index is 0.0184. The average molecular weight is 463 g/mol. The highest BCUT2D eigenvalue weighted by atomic mass is 32.2. The van der Waals surface area contributed by atoms with E-state index in [2.05, 4.69) is 4.98 Å². The second-order valence-electron chi connectivity index (χ2n) is 7.92. The molecule has 0 radical (unpaired) electrons. The van der Waals surface area contributed by atoms with Crippen LogP contribution in [0.3, 0.4) is 0 Å². The number of nitrogens with zero attached hydrogens (tertiary/aromatic N) is 2. The smallest absolute Gasteiger partial charge is 0.264 e. The highest BCUT2D eigenvalue weighted by molar-refractivity contribution is 7.92. The predicted molar refractivity (Wildman–Crippen MR) is 129 cm³/mol. The molecule has 0 fully saturated rings. The van der Waals surface area contributed by atoms with Crippen LogP contribution in [0.5, 0.6) is 5.75 Å². The highest BCUT2D eigenvalue weighted by Crippen LogP contribution is 2.31. The quantitative estimate of drug-likeness (QED) is 0.354. The van der Waals surface area contributed by atoms with Crippen LogP contribution in [-0.4, -0.2) is 20.5 Å². The molecule has 0 bridgehead atoms. The molecule has 170 valence electrons. The first-order valence-corrected chi connectivity index (χ1v) is 12.0. The van der Waals surface area contributed by atoms with Crippen molar-refractivity contribution in [3.63, 3.8) is 0 Å². The summed E-state index contributed by atoms with van der Waals surface area (Å²) in [5.74, 6) is 1.59. The summed E-state index contributed by atoms with van der Waals surface area (Å²) in [6.07, 6.45) is 0. The maximum Gasteiger partial charge on any atom is 0.264 e. The zero-order chi connectivity index (χ0) is 23.6. The van der Waals surface area contributed by atoms with Gasteiger partial charge in [-0.05, 0) is 57.2 Å². The van der Waals surface area contributed by atoms with Crippen molar-refractivity contribution in [3.05, 3.63) is 95.4 Å². The van der Waals surface area contributed by atoms with Gasteiger partial charge >= 0.3 is 0 Å². The van der Waals surface area contributed by atoms with Crippen LogP contribution in [0.2, 0.25) is 0 Å². The Hall–Kier alpha value is -3.58. The molecular weight excluding hydrogens is 436 g/mol. The van der Waals surface area contributed by atoms with Gasteiger partial charge in [0.1, 0.15) is 17.2 Å². The van der Waals surface area contributed by atoms with E-state index in [1.807, 2.05) is 38.1 Å². The summed E-state index contributed by atoms with van der Waals surface area (Å²) in [5, 5.41) is 0. The summed E-state index contributed by atoms with van der Waals surface area (Å²) >= 11 is 0.